The maximum absolute atomic E-state index is 12.7. The molecule has 1 N–H and O–H groups in total. The Balaban J connectivity index is 2.18. The molecule has 1 saturated heterocycles. The van der Waals surface area contributed by atoms with Gasteiger partial charge in [0, 0.05) is 29.4 Å². The molecule has 1 aromatic rings. The molecular formula is C14H24N2O2S2. The van der Waals surface area contributed by atoms with Gasteiger partial charge in [0.1, 0.15) is 0 Å². The normalized spacial score (nSPS) is 20.6. The number of hydrogen-bond acceptors (Lipinski definition) is 4. The van der Waals surface area contributed by atoms with Gasteiger partial charge in [-0.05, 0) is 38.8 Å². The average molecular weight is 316 g/mol. The van der Waals surface area contributed by atoms with E-state index in [2.05, 4.69) is 12.2 Å². The Morgan fingerprint density at radius 2 is 2.25 bits per heavy atom. The van der Waals surface area contributed by atoms with Crippen molar-refractivity contribution in [3.63, 3.8) is 0 Å². The molecule has 1 fully saturated rings. The van der Waals surface area contributed by atoms with Crippen LogP contribution < -0.4 is 5.32 Å². The summed E-state index contributed by atoms with van der Waals surface area (Å²) in [7, 11) is -1.43. The largest absolute Gasteiger partial charge is 0.315 e. The van der Waals surface area contributed by atoms with Crippen LogP contribution in [-0.2, 0) is 16.6 Å². The molecule has 0 amide bonds. The van der Waals surface area contributed by atoms with Crippen LogP contribution in [0.2, 0.25) is 0 Å². The highest BCUT2D eigenvalue weighted by atomic mass is 32.2. The van der Waals surface area contributed by atoms with E-state index in [1.165, 1.54) is 0 Å². The minimum atomic E-state index is -3.30. The molecule has 2 heterocycles. The first-order valence-electron chi connectivity index (χ1n) is 7.23. The summed E-state index contributed by atoms with van der Waals surface area (Å²) in [6.45, 7) is 6.14. The first kappa shape index (κ1) is 15.9. The van der Waals surface area contributed by atoms with Crippen molar-refractivity contribution in [1.29, 1.82) is 0 Å². The van der Waals surface area contributed by atoms with Crippen molar-refractivity contribution in [3.05, 3.63) is 15.8 Å². The van der Waals surface area contributed by atoms with Gasteiger partial charge in [-0.3, -0.25) is 0 Å². The Morgan fingerprint density at radius 1 is 1.50 bits per heavy atom. The fourth-order valence-electron chi connectivity index (χ4n) is 2.84. The van der Waals surface area contributed by atoms with Crippen LogP contribution >= 0.6 is 11.3 Å². The quantitative estimate of drug-likeness (QED) is 0.877. The van der Waals surface area contributed by atoms with Crippen LogP contribution in [0, 0.1) is 12.8 Å². The summed E-state index contributed by atoms with van der Waals surface area (Å²) in [4.78, 5) is 2.48. The van der Waals surface area contributed by atoms with E-state index in [4.69, 9.17) is 0 Å². The second kappa shape index (κ2) is 6.56. The average Bonchev–Trinajstić information content (AvgIpc) is 2.98. The van der Waals surface area contributed by atoms with Gasteiger partial charge in [-0.25, -0.2) is 8.42 Å². The Hall–Kier alpha value is -0.430. The zero-order chi connectivity index (χ0) is 14.8. The van der Waals surface area contributed by atoms with Gasteiger partial charge in [-0.2, -0.15) is 4.31 Å². The summed E-state index contributed by atoms with van der Waals surface area (Å²) in [5, 5.41) is 3.07. The Labute approximate surface area is 126 Å². The number of aryl methyl sites for hydroxylation is 1. The summed E-state index contributed by atoms with van der Waals surface area (Å²) >= 11 is 1.57. The molecular weight excluding hydrogens is 292 g/mol. The SMILES string of the molecule is CCCC1CCN(S(=O)(=O)c2cc(CNC)sc2C)C1. The third-order valence-electron chi connectivity index (χ3n) is 3.84. The van der Waals surface area contributed by atoms with E-state index in [0.717, 1.165) is 35.6 Å². The molecule has 6 heteroatoms. The number of rotatable bonds is 6. The Morgan fingerprint density at radius 3 is 2.90 bits per heavy atom. The van der Waals surface area contributed by atoms with Crippen molar-refractivity contribution in [2.45, 2.75) is 44.6 Å². The first-order chi connectivity index (χ1) is 9.48. The summed E-state index contributed by atoms with van der Waals surface area (Å²) < 4.78 is 27.1. The molecule has 0 aliphatic carbocycles. The van der Waals surface area contributed by atoms with Crippen molar-refractivity contribution in [2.24, 2.45) is 5.92 Å². The molecule has 0 spiro atoms. The topological polar surface area (TPSA) is 49.4 Å². The molecule has 1 aromatic heterocycles. The monoisotopic (exact) mass is 316 g/mol. The van der Waals surface area contributed by atoms with Crippen LogP contribution in [0.3, 0.4) is 0 Å². The predicted octanol–water partition coefficient (Wildman–Crippen LogP) is 2.59. The van der Waals surface area contributed by atoms with Gasteiger partial charge in [0.25, 0.3) is 0 Å². The van der Waals surface area contributed by atoms with E-state index in [0.29, 0.717) is 23.9 Å². The molecule has 1 unspecified atom stereocenters. The lowest BCUT2D eigenvalue weighted by atomic mass is 10.0. The number of nitrogens with one attached hydrogen (secondary N) is 1. The molecule has 114 valence electrons. The number of hydrogen-bond donors (Lipinski definition) is 1. The second-order valence-corrected chi connectivity index (χ2v) is 8.72. The zero-order valence-corrected chi connectivity index (χ0v) is 14.1. The van der Waals surface area contributed by atoms with E-state index >= 15 is 0 Å². The summed E-state index contributed by atoms with van der Waals surface area (Å²) in [5.41, 5.74) is 0. The molecule has 1 aliphatic heterocycles. The van der Waals surface area contributed by atoms with Gasteiger partial charge in [0.05, 0.1) is 4.90 Å². The van der Waals surface area contributed by atoms with Crippen LogP contribution in [0.1, 0.15) is 35.9 Å². The minimum Gasteiger partial charge on any atom is -0.315 e. The van der Waals surface area contributed by atoms with Crippen LogP contribution in [0.15, 0.2) is 11.0 Å². The maximum atomic E-state index is 12.7. The van der Waals surface area contributed by atoms with Crippen molar-refractivity contribution in [3.8, 4) is 0 Å². The van der Waals surface area contributed by atoms with Gasteiger partial charge in [0.15, 0.2) is 0 Å². The van der Waals surface area contributed by atoms with Gasteiger partial charge in [0.2, 0.25) is 10.0 Å². The van der Waals surface area contributed by atoms with Crippen molar-refractivity contribution in [1.82, 2.24) is 9.62 Å². The van der Waals surface area contributed by atoms with Gasteiger partial charge in [-0.1, -0.05) is 13.3 Å². The predicted molar refractivity (Wildman–Crippen MR) is 83.6 cm³/mol. The van der Waals surface area contributed by atoms with E-state index in [1.54, 1.807) is 15.6 Å². The molecule has 1 aliphatic rings. The highest BCUT2D eigenvalue weighted by molar-refractivity contribution is 7.89. The summed E-state index contributed by atoms with van der Waals surface area (Å²) in [6.07, 6.45) is 3.25. The molecule has 4 nitrogen and oxygen atoms in total. The highest BCUT2D eigenvalue weighted by Gasteiger charge is 2.33. The second-order valence-electron chi connectivity index (χ2n) is 5.47. The van der Waals surface area contributed by atoms with E-state index in [-0.39, 0.29) is 0 Å². The van der Waals surface area contributed by atoms with Crippen LogP contribution in [0.25, 0.3) is 0 Å². The molecule has 1 atom stereocenters. The van der Waals surface area contributed by atoms with Crippen molar-refractivity contribution < 1.29 is 8.42 Å². The molecule has 0 radical (unpaired) electrons. The lowest BCUT2D eigenvalue weighted by Crippen LogP contribution is -2.29. The van der Waals surface area contributed by atoms with Gasteiger partial charge in [-0.15, -0.1) is 11.3 Å². The van der Waals surface area contributed by atoms with E-state index in [9.17, 15) is 8.42 Å². The fourth-order valence-corrected chi connectivity index (χ4v) is 5.99. The summed E-state index contributed by atoms with van der Waals surface area (Å²) in [5.74, 6) is 0.533. The minimum absolute atomic E-state index is 0.505. The van der Waals surface area contributed by atoms with Crippen LogP contribution in [0.5, 0.6) is 0 Å². The number of nitrogens with zero attached hydrogens (tertiary/aromatic N) is 1. The van der Waals surface area contributed by atoms with Crippen LogP contribution in [0.4, 0.5) is 0 Å². The maximum Gasteiger partial charge on any atom is 0.244 e. The summed E-state index contributed by atoms with van der Waals surface area (Å²) in [6, 6.07) is 1.83. The van der Waals surface area contributed by atoms with E-state index < -0.39 is 10.0 Å². The molecule has 0 saturated carbocycles. The molecule has 0 aromatic carbocycles. The Kier molecular flexibility index (Phi) is 5.23. The smallest absolute Gasteiger partial charge is 0.244 e. The first-order valence-corrected chi connectivity index (χ1v) is 9.48. The van der Waals surface area contributed by atoms with Crippen LogP contribution in [-0.4, -0.2) is 32.9 Å². The number of sulfonamides is 1. The lowest BCUT2D eigenvalue weighted by molar-refractivity contribution is 0.444. The third kappa shape index (κ3) is 3.24. The standard InChI is InChI=1S/C14H24N2O2S2/c1-4-5-12-6-7-16(10-12)20(17,18)14-8-13(9-15-3)19-11(14)2/h8,12,15H,4-7,9-10H2,1-3H3. The lowest BCUT2D eigenvalue weighted by Gasteiger charge is -2.16. The van der Waals surface area contributed by atoms with Gasteiger partial charge >= 0.3 is 0 Å². The molecule has 20 heavy (non-hydrogen) atoms. The van der Waals surface area contributed by atoms with Gasteiger partial charge < -0.3 is 5.32 Å². The zero-order valence-electron chi connectivity index (χ0n) is 12.5. The molecule has 2 rings (SSSR count). The highest BCUT2D eigenvalue weighted by Crippen LogP contribution is 2.32. The Bertz CT molecular complexity index is 552. The third-order valence-corrected chi connectivity index (χ3v) is 7.01. The van der Waals surface area contributed by atoms with Crippen molar-refractivity contribution >= 4 is 21.4 Å². The molecule has 0 bridgehead atoms. The van der Waals surface area contributed by atoms with Crippen molar-refractivity contribution in [2.75, 3.05) is 20.1 Å². The number of thiophene rings is 1. The fraction of sp³-hybridized carbons (Fsp3) is 0.714. The van der Waals surface area contributed by atoms with E-state index in [1.807, 2.05) is 20.0 Å².